The zero-order valence-corrected chi connectivity index (χ0v) is 24.7. The van der Waals surface area contributed by atoms with Crippen LogP contribution in [0.3, 0.4) is 0 Å². The number of carbonyl (C=O) groups is 2. The quantitative estimate of drug-likeness (QED) is 0.331. The molecular weight excluding hydrogens is 613 g/mol. The summed E-state index contributed by atoms with van der Waals surface area (Å²) in [7, 11) is 0. The molecule has 2 aliphatic rings. The van der Waals surface area contributed by atoms with E-state index in [1.807, 2.05) is 40.6 Å². The molecule has 214 valence electrons. The van der Waals surface area contributed by atoms with E-state index < -0.39 is 29.8 Å². The number of piperazine rings is 1. The van der Waals surface area contributed by atoms with E-state index in [1.54, 1.807) is 19.2 Å². The summed E-state index contributed by atoms with van der Waals surface area (Å²) in [6.45, 7) is 4.56. The van der Waals surface area contributed by atoms with Crippen molar-refractivity contribution in [3.05, 3.63) is 97.8 Å². The van der Waals surface area contributed by atoms with Gasteiger partial charge in [0.25, 0.3) is 0 Å². The van der Waals surface area contributed by atoms with Crippen molar-refractivity contribution in [2.45, 2.75) is 19.0 Å². The van der Waals surface area contributed by atoms with Crippen molar-refractivity contribution < 1.29 is 23.8 Å². The molecule has 12 heteroatoms. The van der Waals surface area contributed by atoms with Crippen molar-refractivity contribution in [3.63, 3.8) is 0 Å². The van der Waals surface area contributed by atoms with Gasteiger partial charge in [-0.15, -0.1) is 11.3 Å². The van der Waals surface area contributed by atoms with Crippen LogP contribution < -0.4 is 5.32 Å². The molecule has 1 saturated heterocycles. The van der Waals surface area contributed by atoms with E-state index in [4.69, 9.17) is 9.73 Å². The normalized spacial score (nSPS) is 18.9. The third-order valence-corrected chi connectivity index (χ3v) is 8.48. The highest BCUT2D eigenvalue weighted by Crippen LogP contribution is 2.37. The SMILES string of the molecule is CCOC(=O)C1=C(CN2CCN(C(C(=O)O)c3ccccc3)CC2)NC(c2nccs2)=NC1c1ccc(F)cc1Br. The Hall–Kier alpha value is -3.45. The molecule has 41 heavy (non-hydrogen) atoms. The molecule has 1 fully saturated rings. The second-order valence-corrected chi connectivity index (χ2v) is 11.3. The molecule has 2 atom stereocenters. The molecule has 0 bridgehead atoms. The second-order valence-electron chi connectivity index (χ2n) is 9.58. The number of amidine groups is 1. The van der Waals surface area contributed by atoms with E-state index in [0.717, 1.165) is 5.56 Å². The number of carbonyl (C=O) groups excluding carboxylic acids is 1. The van der Waals surface area contributed by atoms with Gasteiger partial charge in [-0.1, -0.05) is 52.3 Å². The fourth-order valence-electron chi connectivity index (χ4n) is 5.12. The summed E-state index contributed by atoms with van der Waals surface area (Å²) in [4.78, 5) is 39.0. The second kappa shape index (κ2) is 13.0. The van der Waals surface area contributed by atoms with Gasteiger partial charge in [-0.05, 0) is 30.2 Å². The molecule has 2 unspecified atom stereocenters. The van der Waals surface area contributed by atoms with Crippen LogP contribution in [0.5, 0.6) is 0 Å². The van der Waals surface area contributed by atoms with Gasteiger partial charge in [0.1, 0.15) is 17.9 Å². The van der Waals surface area contributed by atoms with Gasteiger partial charge in [-0.2, -0.15) is 0 Å². The number of ether oxygens (including phenoxy) is 1. The fourth-order valence-corrected chi connectivity index (χ4v) is 6.27. The zero-order valence-electron chi connectivity index (χ0n) is 22.3. The van der Waals surface area contributed by atoms with Crippen molar-refractivity contribution in [1.82, 2.24) is 20.1 Å². The van der Waals surface area contributed by atoms with E-state index in [2.05, 4.69) is 31.1 Å². The van der Waals surface area contributed by atoms with Crippen LogP contribution in [-0.2, 0) is 14.3 Å². The molecular formula is C29H29BrFN5O4S. The lowest BCUT2D eigenvalue weighted by molar-refractivity contribution is -0.144. The van der Waals surface area contributed by atoms with Gasteiger partial charge in [0.2, 0.25) is 0 Å². The largest absolute Gasteiger partial charge is 0.480 e. The Morgan fingerprint density at radius 3 is 2.59 bits per heavy atom. The van der Waals surface area contributed by atoms with Crippen molar-refractivity contribution in [3.8, 4) is 0 Å². The molecule has 2 N–H and O–H groups in total. The average Bonchev–Trinajstić information content (AvgIpc) is 3.50. The van der Waals surface area contributed by atoms with Crippen LogP contribution in [-0.4, -0.2) is 77.0 Å². The van der Waals surface area contributed by atoms with Crippen LogP contribution in [0.15, 0.2) is 80.8 Å². The van der Waals surface area contributed by atoms with Gasteiger partial charge < -0.3 is 15.2 Å². The summed E-state index contributed by atoms with van der Waals surface area (Å²) in [5.74, 6) is -1.29. The van der Waals surface area contributed by atoms with Crippen molar-refractivity contribution >= 4 is 45.0 Å². The van der Waals surface area contributed by atoms with Crippen LogP contribution in [0.1, 0.15) is 35.1 Å². The highest BCUT2D eigenvalue weighted by molar-refractivity contribution is 9.10. The summed E-state index contributed by atoms with van der Waals surface area (Å²) < 4.78 is 19.9. The monoisotopic (exact) mass is 641 g/mol. The molecule has 2 aliphatic heterocycles. The number of carboxylic acid groups (broad SMARTS) is 1. The Morgan fingerprint density at radius 1 is 1.20 bits per heavy atom. The van der Waals surface area contributed by atoms with Crippen molar-refractivity contribution in [2.24, 2.45) is 4.99 Å². The van der Waals surface area contributed by atoms with E-state index in [-0.39, 0.29) is 6.61 Å². The number of aliphatic carboxylic acids is 1. The third-order valence-electron chi connectivity index (χ3n) is 7.02. The molecule has 0 radical (unpaired) electrons. The van der Waals surface area contributed by atoms with E-state index in [9.17, 15) is 19.1 Å². The summed E-state index contributed by atoms with van der Waals surface area (Å²) in [6.07, 6.45) is 1.68. The number of thiazole rings is 1. The molecule has 0 amide bonds. The van der Waals surface area contributed by atoms with Crippen LogP contribution in [0.25, 0.3) is 0 Å². The minimum absolute atomic E-state index is 0.185. The number of hydrogen-bond donors (Lipinski definition) is 2. The maximum atomic E-state index is 14.0. The minimum atomic E-state index is -0.886. The van der Waals surface area contributed by atoms with Gasteiger partial charge in [0, 0.05) is 54.5 Å². The topological polar surface area (TPSA) is 107 Å². The lowest BCUT2D eigenvalue weighted by Gasteiger charge is -2.39. The smallest absolute Gasteiger partial charge is 0.338 e. The summed E-state index contributed by atoms with van der Waals surface area (Å²) in [5.41, 5.74) is 2.33. The number of esters is 1. The number of aromatic nitrogens is 1. The van der Waals surface area contributed by atoms with Gasteiger partial charge in [0.05, 0.1) is 12.2 Å². The number of aliphatic imine (C=N–C) groups is 1. The predicted octanol–water partition coefficient (Wildman–Crippen LogP) is 4.40. The molecule has 0 saturated carbocycles. The standard InChI is InChI=1S/C29H29BrFN5O4S/c1-2-40-29(39)23-22(17-35-11-13-36(14-12-35)25(28(37)38)18-6-4-3-5-7-18)33-26(27-32-10-15-41-27)34-24(23)20-9-8-19(31)16-21(20)30/h3-10,15-16,24-25H,2,11-14,17H2,1H3,(H,33,34)(H,37,38). The van der Waals surface area contributed by atoms with E-state index in [0.29, 0.717) is 64.9 Å². The van der Waals surface area contributed by atoms with Crippen LogP contribution in [0.2, 0.25) is 0 Å². The predicted molar refractivity (Wildman–Crippen MR) is 157 cm³/mol. The fraction of sp³-hybridized carbons (Fsp3) is 0.310. The maximum absolute atomic E-state index is 14.0. The molecule has 3 heterocycles. The Morgan fingerprint density at radius 2 is 1.95 bits per heavy atom. The van der Waals surface area contributed by atoms with E-state index >= 15 is 0 Å². The highest BCUT2D eigenvalue weighted by Gasteiger charge is 2.36. The number of rotatable bonds is 9. The molecule has 9 nitrogen and oxygen atoms in total. The summed E-state index contributed by atoms with van der Waals surface area (Å²) in [5, 5.41) is 15.8. The van der Waals surface area contributed by atoms with E-state index in [1.165, 1.54) is 23.5 Å². The minimum Gasteiger partial charge on any atom is -0.480 e. The molecule has 5 rings (SSSR count). The average molecular weight is 643 g/mol. The maximum Gasteiger partial charge on any atom is 0.338 e. The summed E-state index contributed by atoms with van der Waals surface area (Å²) in [6, 6.07) is 12.0. The van der Waals surface area contributed by atoms with Crippen LogP contribution in [0.4, 0.5) is 4.39 Å². The molecule has 1 aromatic heterocycles. The van der Waals surface area contributed by atoms with Crippen molar-refractivity contribution in [2.75, 3.05) is 39.3 Å². The summed E-state index contributed by atoms with van der Waals surface area (Å²) >= 11 is 4.87. The molecule has 2 aromatic carbocycles. The van der Waals surface area contributed by atoms with Crippen molar-refractivity contribution in [1.29, 1.82) is 0 Å². The molecule has 0 spiro atoms. The first-order valence-corrected chi connectivity index (χ1v) is 14.9. The highest BCUT2D eigenvalue weighted by atomic mass is 79.9. The Labute approximate surface area is 249 Å². The van der Waals surface area contributed by atoms with Crippen LogP contribution in [0, 0.1) is 5.82 Å². The Bertz CT molecular complexity index is 1460. The molecule has 0 aliphatic carbocycles. The number of benzene rings is 2. The van der Waals surface area contributed by atoms with Crippen LogP contribution >= 0.6 is 27.3 Å². The van der Waals surface area contributed by atoms with Gasteiger partial charge in [0.15, 0.2) is 10.8 Å². The first-order chi connectivity index (χ1) is 19.9. The van der Waals surface area contributed by atoms with Gasteiger partial charge >= 0.3 is 11.9 Å². The van der Waals surface area contributed by atoms with Gasteiger partial charge in [-0.25, -0.2) is 14.2 Å². The lowest BCUT2D eigenvalue weighted by atomic mass is 9.95. The third kappa shape index (κ3) is 6.56. The number of hydrogen-bond acceptors (Lipinski definition) is 9. The number of carboxylic acids is 1. The molecule has 3 aromatic rings. The number of nitrogens with one attached hydrogen (secondary N) is 1. The Balaban J connectivity index is 1.44. The lowest BCUT2D eigenvalue weighted by Crippen LogP contribution is -2.51. The zero-order chi connectivity index (χ0) is 28.9. The number of nitrogens with zero attached hydrogens (tertiary/aromatic N) is 4. The first-order valence-electron chi connectivity index (χ1n) is 13.2. The first kappa shape index (κ1) is 29.1. The van der Waals surface area contributed by atoms with Gasteiger partial charge in [-0.3, -0.25) is 19.6 Å². The Kier molecular flexibility index (Phi) is 9.23. The number of halogens is 2.